The molecule has 110 valence electrons. The lowest BCUT2D eigenvalue weighted by Crippen LogP contribution is -2.44. The van der Waals surface area contributed by atoms with E-state index >= 15 is 0 Å². The van der Waals surface area contributed by atoms with Gasteiger partial charge in [-0.05, 0) is 32.1 Å². The van der Waals surface area contributed by atoms with Crippen molar-refractivity contribution in [1.82, 2.24) is 4.90 Å². The van der Waals surface area contributed by atoms with Crippen LogP contribution in [0.3, 0.4) is 0 Å². The van der Waals surface area contributed by atoms with Crippen LogP contribution in [0.5, 0.6) is 0 Å². The summed E-state index contributed by atoms with van der Waals surface area (Å²) in [5.74, 6) is 4.04. The summed E-state index contributed by atoms with van der Waals surface area (Å²) in [5.41, 5.74) is -0.349. The zero-order chi connectivity index (χ0) is 14.5. The van der Waals surface area contributed by atoms with Gasteiger partial charge in [0, 0.05) is 26.1 Å². The van der Waals surface area contributed by atoms with Crippen LogP contribution >= 0.6 is 0 Å². The van der Waals surface area contributed by atoms with Gasteiger partial charge in [-0.15, -0.1) is 12.3 Å². The fourth-order valence-electron chi connectivity index (χ4n) is 2.91. The van der Waals surface area contributed by atoms with E-state index in [0.717, 1.165) is 24.9 Å². The number of terminal acetylenes is 1. The van der Waals surface area contributed by atoms with E-state index in [0.29, 0.717) is 19.6 Å². The molecule has 1 heterocycles. The Morgan fingerprint density at radius 3 is 2.47 bits per heavy atom. The predicted molar refractivity (Wildman–Crippen MR) is 78.9 cm³/mol. The van der Waals surface area contributed by atoms with Gasteiger partial charge in [0.15, 0.2) is 0 Å². The highest BCUT2D eigenvalue weighted by Crippen LogP contribution is 2.21. The molecular formula is C16H29NO2. The maximum absolute atomic E-state index is 10.1. The number of nitrogens with zero attached hydrogens (tertiary/aromatic N) is 1. The molecule has 0 saturated carbocycles. The van der Waals surface area contributed by atoms with Gasteiger partial charge in [0.1, 0.15) is 0 Å². The first kappa shape index (κ1) is 16.5. The van der Waals surface area contributed by atoms with Crippen LogP contribution in [-0.4, -0.2) is 48.0 Å². The average Bonchev–Trinajstić information content (AvgIpc) is 2.25. The minimum Gasteiger partial charge on any atom is -0.389 e. The summed E-state index contributed by atoms with van der Waals surface area (Å²) in [6, 6.07) is 0. The van der Waals surface area contributed by atoms with Gasteiger partial charge in [-0.3, -0.25) is 0 Å². The van der Waals surface area contributed by atoms with Gasteiger partial charge in [-0.2, -0.15) is 0 Å². The molecule has 0 aromatic rings. The summed E-state index contributed by atoms with van der Waals surface area (Å²) in [5, 5.41) is 10.1. The Bertz CT molecular complexity index is 298. The lowest BCUT2D eigenvalue weighted by molar-refractivity contribution is -0.0661. The van der Waals surface area contributed by atoms with Crippen molar-refractivity contribution in [3.8, 4) is 12.3 Å². The van der Waals surface area contributed by atoms with Gasteiger partial charge >= 0.3 is 0 Å². The molecule has 0 aromatic carbocycles. The van der Waals surface area contributed by atoms with E-state index in [4.69, 9.17) is 11.2 Å². The molecule has 0 radical (unpaired) electrons. The van der Waals surface area contributed by atoms with E-state index in [1.54, 1.807) is 0 Å². The summed E-state index contributed by atoms with van der Waals surface area (Å²) in [7, 11) is 0. The summed E-state index contributed by atoms with van der Waals surface area (Å²) in [6.07, 6.45) is 6.72. The van der Waals surface area contributed by atoms with Crippen LogP contribution in [0, 0.1) is 24.2 Å². The minimum absolute atomic E-state index is 0.349. The van der Waals surface area contributed by atoms with E-state index < -0.39 is 6.10 Å². The first-order valence-corrected chi connectivity index (χ1v) is 7.30. The number of aliphatic hydroxyl groups excluding tert-OH is 1. The lowest BCUT2D eigenvalue weighted by atomic mass is 9.92. The Morgan fingerprint density at radius 1 is 1.37 bits per heavy atom. The largest absolute Gasteiger partial charge is 0.389 e. The fourth-order valence-corrected chi connectivity index (χ4v) is 2.91. The predicted octanol–water partition coefficient (Wildman–Crippen LogP) is 2.14. The smallest absolute Gasteiger partial charge is 0.0900 e. The van der Waals surface area contributed by atoms with Crippen LogP contribution in [0.25, 0.3) is 0 Å². The third-order valence-corrected chi connectivity index (χ3v) is 3.61. The average molecular weight is 267 g/mol. The van der Waals surface area contributed by atoms with Crippen molar-refractivity contribution in [2.24, 2.45) is 11.8 Å². The van der Waals surface area contributed by atoms with Crippen molar-refractivity contribution in [3.63, 3.8) is 0 Å². The molecule has 3 nitrogen and oxygen atoms in total. The second-order valence-electron chi connectivity index (χ2n) is 6.77. The highest BCUT2D eigenvalue weighted by molar-refractivity contribution is 4.92. The fraction of sp³-hybridized carbons (Fsp3) is 0.875. The van der Waals surface area contributed by atoms with Crippen LogP contribution in [0.15, 0.2) is 0 Å². The molecular weight excluding hydrogens is 238 g/mol. The summed E-state index contributed by atoms with van der Waals surface area (Å²) in [6.45, 7) is 11.7. The molecule has 1 rings (SSSR count). The Balaban J connectivity index is 2.31. The maximum Gasteiger partial charge on any atom is 0.0900 e. The molecule has 0 amide bonds. The standard InChI is InChI=1S/C16H29NO2/c1-6-7-16(4,5)19-12-15(18)11-17-9-13(2)8-14(3)10-17/h1,13-15,18H,7-12H2,2-5H3/t13-,14-,15-/m1/s1. The number of hydrogen-bond acceptors (Lipinski definition) is 3. The Kier molecular flexibility index (Phi) is 6.32. The summed E-state index contributed by atoms with van der Waals surface area (Å²) >= 11 is 0. The third kappa shape index (κ3) is 6.42. The van der Waals surface area contributed by atoms with Crippen molar-refractivity contribution in [2.45, 2.75) is 52.2 Å². The van der Waals surface area contributed by atoms with E-state index in [1.165, 1.54) is 6.42 Å². The summed E-state index contributed by atoms with van der Waals surface area (Å²) in [4.78, 5) is 2.35. The maximum atomic E-state index is 10.1. The highest BCUT2D eigenvalue weighted by Gasteiger charge is 2.24. The van der Waals surface area contributed by atoms with Crippen LogP contribution < -0.4 is 0 Å². The van der Waals surface area contributed by atoms with E-state index in [2.05, 4.69) is 24.7 Å². The molecule has 1 aliphatic rings. The Labute approximate surface area is 118 Å². The van der Waals surface area contributed by atoms with Gasteiger partial charge in [0.2, 0.25) is 0 Å². The molecule has 3 atom stereocenters. The number of β-amino-alcohol motifs (C(OH)–C–C–N with tert-alkyl or cyclic N) is 1. The van der Waals surface area contributed by atoms with Crippen molar-refractivity contribution in [1.29, 1.82) is 0 Å². The number of piperidine rings is 1. The number of rotatable bonds is 6. The second kappa shape index (κ2) is 7.28. The molecule has 1 fully saturated rings. The molecule has 0 aromatic heterocycles. The first-order valence-electron chi connectivity index (χ1n) is 7.30. The first-order chi connectivity index (χ1) is 8.82. The van der Waals surface area contributed by atoms with Crippen molar-refractivity contribution in [3.05, 3.63) is 0 Å². The number of ether oxygens (including phenoxy) is 1. The highest BCUT2D eigenvalue weighted by atomic mass is 16.5. The number of hydrogen-bond donors (Lipinski definition) is 1. The van der Waals surface area contributed by atoms with Gasteiger partial charge in [-0.25, -0.2) is 0 Å². The van der Waals surface area contributed by atoms with E-state index in [-0.39, 0.29) is 5.60 Å². The molecule has 1 saturated heterocycles. The van der Waals surface area contributed by atoms with Crippen LogP contribution in [0.4, 0.5) is 0 Å². The Morgan fingerprint density at radius 2 is 1.95 bits per heavy atom. The van der Waals surface area contributed by atoms with Crippen LogP contribution in [0.1, 0.15) is 40.5 Å². The molecule has 0 spiro atoms. The van der Waals surface area contributed by atoms with E-state index in [9.17, 15) is 5.11 Å². The molecule has 19 heavy (non-hydrogen) atoms. The third-order valence-electron chi connectivity index (χ3n) is 3.61. The quantitative estimate of drug-likeness (QED) is 0.749. The van der Waals surface area contributed by atoms with Crippen molar-refractivity contribution < 1.29 is 9.84 Å². The molecule has 0 bridgehead atoms. The molecule has 1 aliphatic heterocycles. The van der Waals surface area contributed by atoms with Crippen molar-refractivity contribution in [2.75, 3.05) is 26.2 Å². The van der Waals surface area contributed by atoms with Crippen LogP contribution in [-0.2, 0) is 4.74 Å². The molecule has 0 aliphatic carbocycles. The molecule has 0 unspecified atom stereocenters. The van der Waals surface area contributed by atoms with Crippen LogP contribution in [0.2, 0.25) is 0 Å². The normalized spacial score (nSPS) is 26.9. The second-order valence-corrected chi connectivity index (χ2v) is 6.77. The minimum atomic E-state index is -0.436. The number of aliphatic hydroxyl groups is 1. The Hall–Kier alpha value is -0.560. The number of likely N-dealkylation sites (tertiary alicyclic amines) is 1. The van der Waals surface area contributed by atoms with Crippen molar-refractivity contribution >= 4 is 0 Å². The molecule has 3 heteroatoms. The zero-order valence-electron chi connectivity index (χ0n) is 12.9. The van der Waals surface area contributed by atoms with Gasteiger partial charge in [0.25, 0.3) is 0 Å². The topological polar surface area (TPSA) is 32.7 Å². The SMILES string of the molecule is C#CCC(C)(C)OC[C@H](O)CN1C[C@H](C)C[C@@H](C)C1. The van der Waals surface area contributed by atoms with E-state index in [1.807, 2.05) is 13.8 Å². The lowest BCUT2D eigenvalue weighted by Gasteiger charge is -2.36. The van der Waals surface area contributed by atoms with Gasteiger partial charge < -0.3 is 14.7 Å². The van der Waals surface area contributed by atoms with Gasteiger partial charge in [0.05, 0.1) is 18.3 Å². The monoisotopic (exact) mass is 267 g/mol. The molecule has 1 N–H and O–H groups in total. The summed E-state index contributed by atoms with van der Waals surface area (Å²) < 4.78 is 5.71. The zero-order valence-corrected chi connectivity index (χ0v) is 12.9. The van der Waals surface area contributed by atoms with Gasteiger partial charge in [-0.1, -0.05) is 13.8 Å².